The lowest BCUT2D eigenvalue weighted by Crippen LogP contribution is -2.30. The molecule has 0 heterocycles. The number of rotatable bonds is 13. The summed E-state index contributed by atoms with van der Waals surface area (Å²) in [5.41, 5.74) is 0. The molecule has 0 aromatic rings. The zero-order valence-corrected chi connectivity index (χ0v) is 13.7. The summed E-state index contributed by atoms with van der Waals surface area (Å²) >= 11 is 0. The number of amides is 2. The largest absolute Gasteiger partial charge is 0.439 e. The van der Waals surface area contributed by atoms with E-state index in [4.69, 9.17) is 4.74 Å². The van der Waals surface area contributed by atoms with Crippen LogP contribution < -0.4 is 10.6 Å². The molecule has 0 atom stereocenters. The van der Waals surface area contributed by atoms with Gasteiger partial charge in [0.15, 0.2) is 6.61 Å². The Balaban J connectivity index is 3.18. The lowest BCUT2D eigenvalue weighted by atomic mass is 10.1. The SMILES string of the molecule is CCCCCCCCCCCCNC(=O)OCC(=O)NC. The molecule has 0 saturated carbocycles. The molecule has 0 aliphatic carbocycles. The van der Waals surface area contributed by atoms with Crippen molar-refractivity contribution < 1.29 is 14.3 Å². The minimum absolute atomic E-state index is 0.222. The molecule has 5 nitrogen and oxygen atoms in total. The van der Waals surface area contributed by atoms with Crippen molar-refractivity contribution in [1.82, 2.24) is 10.6 Å². The molecule has 21 heavy (non-hydrogen) atoms. The summed E-state index contributed by atoms with van der Waals surface area (Å²) in [7, 11) is 1.51. The predicted octanol–water partition coefficient (Wildman–Crippen LogP) is 3.38. The first-order valence-electron chi connectivity index (χ1n) is 8.32. The monoisotopic (exact) mass is 300 g/mol. The standard InChI is InChI=1S/C16H32N2O3/c1-3-4-5-6-7-8-9-10-11-12-13-18-16(20)21-14-15(19)17-2/h3-14H2,1-2H3,(H,17,19)(H,18,20). The zero-order chi connectivity index (χ0) is 15.8. The first-order chi connectivity index (χ1) is 10.2. The molecular formula is C16H32N2O3. The van der Waals surface area contributed by atoms with Crippen LogP contribution in [0.15, 0.2) is 0 Å². The van der Waals surface area contributed by atoms with Gasteiger partial charge in [-0.25, -0.2) is 4.79 Å². The van der Waals surface area contributed by atoms with Gasteiger partial charge in [0, 0.05) is 13.6 Å². The van der Waals surface area contributed by atoms with Gasteiger partial charge in [0.05, 0.1) is 0 Å². The Morgan fingerprint density at radius 2 is 1.38 bits per heavy atom. The van der Waals surface area contributed by atoms with Gasteiger partial charge >= 0.3 is 6.09 Å². The Labute approximate surface area is 129 Å². The van der Waals surface area contributed by atoms with Crippen molar-refractivity contribution in [2.75, 3.05) is 20.2 Å². The lowest BCUT2D eigenvalue weighted by molar-refractivity contribution is -0.123. The van der Waals surface area contributed by atoms with Gasteiger partial charge in [0.1, 0.15) is 0 Å². The van der Waals surface area contributed by atoms with Crippen molar-refractivity contribution >= 4 is 12.0 Å². The lowest BCUT2D eigenvalue weighted by Gasteiger charge is -2.06. The average Bonchev–Trinajstić information content (AvgIpc) is 2.50. The first-order valence-corrected chi connectivity index (χ1v) is 8.32. The summed E-state index contributed by atoms with van der Waals surface area (Å²) < 4.78 is 4.72. The van der Waals surface area contributed by atoms with Crippen LogP contribution in [0.4, 0.5) is 4.79 Å². The van der Waals surface area contributed by atoms with Crippen LogP contribution >= 0.6 is 0 Å². The Bertz CT molecular complexity index is 270. The highest BCUT2D eigenvalue weighted by Gasteiger charge is 2.04. The maximum Gasteiger partial charge on any atom is 0.407 e. The molecule has 0 rings (SSSR count). The number of carbonyl (C=O) groups is 2. The summed E-state index contributed by atoms with van der Waals surface area (Å²) in [6.45, 7) is 2.63. The second kappa shape index (κ2) is 15.1. The molecule has 0 fully saturated rings. The number of carbonyl (C=O) groups excluding carboxylic acids is 2. The molecule has 0 bridgehead atoms. The molecule has 124 valence electrons. The minimum Gasteiger partial charge on any atom is -0.439 e. The topological polar surface area (TPSA) is 67.4 Å². The number of nitrogens with one attached hydrogen (secondary N) is 2. The van der Waals surface area contributed by atoms with Crippen molar-refractivity contribution in [2.24, 2.45) is 0 Å². The highest BCUT2D eigenvalue weighted by Crippen LogP contribution is 2.10. The van der Waals surface area contributed by atoms with E-state index in [1.807, 2.05) is 0 Å². The minimum atomic E-state index is -0.519. The molecule has 0 radical (unpaired) electrons. The zero-order valence-electron chi connectivity index (χ0n) is 13.7. The van der Waals surface area contributed by atoms with Gasteiger partial charge in [-0.3, -0.25) is 4.79 Å². The Morgan fingerprint density at radius 3 is 1.90 bits per heavy atom. The van der Waals surface area contributed by atoms with Gasteiger partial charge in [0.2, 0.25) is 0 Å². The van der Waals surface area contributed by atoms with Crippen molar-refractivity contribution in [1.29, 1.82) is 0 Å². The molecule has 0 aliphatic rings. The molecule has 2 amide bonds. The van der Waals surface area contributed by atoms with E-state index in [0.717, 1.165) is 12.8 Å². The fraction of sp³-hybridized carbons (Fsp3) is 0.875. The van der Waals surface area contributed by atoms with Crippen LogP contribution in [-0.2, 0) is 9.53 Å². The molecule has 0 aromatic heterocycles. The van der Waals surface area contributed by atoms with Crippen LogP contribution in [0.2, 0.25) is 0 Å². The van der Waals surface area contributed by atoms with E-state index in [1.54, 1.807) is 0 Å². The third-order valence-corrected chi connectivity index (χ3v) is 3.41. The average molecular weight is 300 g/mol. The van der Waals surface area contributed by atoms with Gasteiger partial charge in [-0.2, -0.15) is 0 Å². The molecule has 0 aliphatic heterocycles. The molecule has 0 aromatic carbocycles. The van der Waals surface area contributed by atoms with E-state index in [2.05, 4.69) is 17.6 Å². The third-order valence-electron chi connectivity index (χ3n) is 3.41. The second-order valence-electron chi connectivity index (χ2n) is 5.36. The van der Waals surface area contributed by atoms with E-state index in [9.17, 15) is 9.59 Å². The number of likely N-dealkylation sites (N-methyl/N-ethyl adjacent to an activating group) is 1. The van der Waals surface area contributed by atoms with Crippen LogP contribution in [0.3, 0.4) is 0 Å². The van der Waals surface area contributed by atoms with Crippen LogP contribution in [0.1, 0.15) is 71.1 Å². The Hall–Kier alpha value is -1.26. The summed E-state index contributed by atoms with van der Waals surface area (Å²) in [6.07, 6.45) is 12.2. The predicted molar refractivity (Wildman–Crippen MR) is 85.3 cm³/mol. The van der Waals surface area contributed by atoms with E-state index in [0.29, 0.717) is 6.54 Å². The number of hydrogen-bond donors (Lipinski definition) is 2. The summed E-state index contributed by atoms with van der Waals surface area (Å²) in [4.78, 5) is 22.1. The van der Waals surface area contributed by atoms with E-state index >= 15 is 0 Å². The fourth-order valence-electron chi connectivity index (χ4n) is 2.06. The van der Waals surface area contributed by atoms with E-state index in [1.165, 1.54) is 58.4 Å². The van der Waals surface area contributed by atoms with Gasteiger partial charge in [0.25, 0.3) is 5.91 Å². The Morgan fingerprint density at radius 1 is 0.857 bits per heavy atom. The Kier molecular flexibility index (Phi) is 14.2. The second-order valence-corrected chi connectivity index (χ2v) is 5.36. The molecule has 2 N–H and O–H groups in total. The smallest absolute Gasteiger partial charge is 0.407 e. The van der Waals surface area contributed by atoms with Gasteiger partial charge in [-0.05, 0) is 6.42 Å². The van der Waals surface area contributed by atoms with Gasteiger partial charge < -0.3 is 15.4 Å². The van der Waals surface area contributed by atoms with Gasteiger partial charge in [-0.1, -0.05) is 64.7 Å². The van der Waals surface area contributed by atoms with Crippen LogP contribution in [-0.4, -0.2) is 32.2 Å². The van der Waals surface area contributed by atoms with Crippen molar-refractivity contribution in [3.8, 4) is 0 Å². The summed E-state index contributed by atoms with van der Waals surface area (Å²) in [6, 6.07) is 0. The quantitative estimate of drug-likeness (QED) is 0.512. The summed E-state index contributed by atoms with van der Waals surface area (Å²) in [5.74, 6) is -0.302. The first kappa shape index (κ1) is 19.7. The maximum atomic E-state index is 11.2. The van der Waals surface area contributed by atoms with Gasteiger partial charge in [-0.15, -0.1) is 0 Å². The molecule has 0 spiro atoms. The van der Waals surface area contributed by atoms with Crippen LogP contribution in [0.5, 0.6) is 0 Å². The number of unbranched alkanes of at least 4 members (excludes halogenated alkanes) is 9. The number of alkyl carbamates (subject to hydrolysis) is 1. The number of hydrogen-bond acceptors (Lipinski definition) is 3. The van der Waals surface area contributed by atoms with Crippen LogP contribution in [0.25, 0.3) is 0 Å². The molecule has 0 unspecified atom stereocenters. The van der Waals surface area contributed by atoms with Crippen LogP contribution in [0, 0.1) is 0 Å². The third kappa shape index (κ3) is 15.0. The van der Waals surface area contributed by atoms with Crippen molar-refractivity contribution in [3.63, 3.8) is 0 Å². The highest BCUT2D eigenvalue weighted by atomic mass is 16.6. The van der Waals surface area contributed by atoms with E-state index in [-0.39, 0.29) is 12.5 Å². The van der Waals surface area contributed by atoms with Crippen molar-refractivity contribution in [3.05, 3.63) is 0 Å². The van der Waals surface area contributed by atoms with Crippen molar-refractivity contribution in [2.45, 2.75) is 71.1 Å². The normalized spacial score (nSPS) is 10.2. The molecule has 5 heteroatoms. The fourth-order valence-corrected chi connectivity index (χ4v) is 2.06. The number of ether oxygens (including phenoxy) is 1. The maximum absolute atomic E-state index is 11.2. The molecular weight excluding hydrogens is 268 g/mol. The summed E-state index contributed by atoms with van der Waals surface area (Å²) in [5, 5.41) is 5.03. The highest BCUT2D eigenvalue weighted by molar-refractivity contribution is 5.79. The van der Waals surface area contributed by atoms with E-state index < -0.39 is 6.09 Å². The molecule has 0 saturated heterocycles.